The molecule has 28 heavy (non-hydrogen) atoms. The lowest BCUT2D eigenvalue weighted by Gasteiger charge is -2.22. The molecule has 0 aliphatic heterocycles. The first kappa shape index (κ1) is 20.8. The Kier molecular flexibility index (Phi) is 6.72. The van der Waals surface area contributed by atoms with Crippen LogP contribution >= 0.6 is 11.8 Å². The number of benzene rings is 2. The van der Waals surface area contributed by atoms with Gasteiger partial charge in [-0.1, -0.05) is 55.1 Å². The van der Waals surface area contributed by atoms with E-state index < -0.39 is 0 Å². The van der Waals surface area contributed by atoms with Crippen molar-refractivity contribution in [1.82, 2.24) is 0 Å². The molecule has 1 nitrogen and oxygen atoms in total. The Balaban J connectivity index is 1.66. The third-order valence-electron chi connectivity index (χ3n) is 5.83. The second-order valence-electron chi connectivity index (χ2n) is 8.36. The Morgan fingerprint density at radius 3 is 2.71 bits per heavy atom. The second kappa shape index (κ2) is 9.05. The van der Waals surface area contributed by atoms with Crippen LogP contribution in [0.3, 0.4) is 0 Å². The van der Waals surface area contributed by atoms with Gasteiger partial charge in [-0.3, -0.25) is 0 Å². The van der Waals surface area contributed by atoms with E-state index in [2.05, 4.69) is 75.3 Å². The fraction of sp³-hybridized carbons (Fsp3) is 0.385. The molecule has 1 atom stereocenters. The SMILES string of the molecule is C=C(S/C=C(\C)Cc1cc(C)c(NC)cc1C)c1ccc2c(c1)CCC(C)C2. The van der Waals surface area contributed by atoms with Gasteiger partial charge in [0.1, 0.15) is 0 Å². The molecule has 2 aromatic rings. The highest BCUT2D eigenvalue weighted by atomic mass is 32.2. The van der Waals surface area contributed by atoms with Crippen LogP contribution < -0.4 is 5.32 Å². The normalized spacial score (nSPS) is 16.6. The van der Waals surface area contributed by atoms with E-state index in [4.69, 9.17) is 0 Å². The topological polar surface area (TPSA) is 12.0 Å². The molecule has 1 N–H and O–H groups in total. The highest BCUT2D eigenvalue weighted by Gasteiger charge is 2.15. The zero-order valence-electron chi connectivity index (χ0n) is 18.0. The van der Waals surface area contributed by atoms with Gasteiger partial charge in [0.25, 0.3) is 0 Å². The lowest BCUT2D eigenvalue weighted by molar-refractivity contribution is 0.501. The zero-order chi connectivity index (χ0) is 20.3. The van der Waals surface area contributed by atoms with Crippen molar-refractivity contribution >= 4 is 22.4 Å². The summed E-state index contributed by atoms with van der Waals surface area (Å²) in [6, 6.07) is 11.5. The van der Waals surface area contributed by atoms with Gasteiger partial charge in [-0.15, -0.1) is 0 Å². The predicted molar refractivity (Wildman–Crippen MR) is 127 cm³/mol. The maximum absolute atomic E-state index is 4.33. The summed E-state index contributed by atoms with van der Waals surface area (Å²) in [5.41, 5.74) is 11.0. The van der Waals surface area contributed by atoms with Gasteiger partial charge in [-0.2, -0.15) is 0 Å². The summed E-state index contributed by atoms with van der Waals surface area (Å²) in [5.74, 6) is 0.816. The summed E-state index contributed by atoms with van der Waals surface area (Å²) >= 11 is 1.76. The van der Waals surface area contributed by atoms with Crippen molar-refractivity contribution in [2.24, 2.45) is 5.92 Å². The third kappa shape index (κ3) is 4.91. The molecule has 3 rings (SSSR count). The number of anilines is 1. The Labute approximate surface area is 175 Å². The first-order valence-electron chi connectivity index (χ1n) is 10.3. The number of hydrogen-bond donors (Lipinski definition) is 1. The van der Waals surface area contributed by atoms with Crippen LogP contribution in [0.5, 0.6) is 0 Å². The van der Waals surface area contributed by atoms with Crippen LogP contribution in [0.25, 0.3) is 4.91 Å². The van der Waals surface area contributed by atoms with E-state index in [0.29, 0.717) is 0 Å². The number of rotatable bonds is 6. The number of nitrogens with one attached hydrogen (secondary N) is 1. The van der Waals surface area contributed by atoms with Gasteiger partial charge >= 0.3 is 0 Å². The van der Waals surface area contributed by atoms with Crippen molar-refractivity contribution < 1.29 is 0 Å². The maximum Gasteiger partial charge on any atom is 0.0370 e. The van der Waals surface area contributed by atoms with E-state index >= 15 is 0 Å². The van der Waals surface area contributed by atoms with Crippen LogP contribution in [0.2, 0.25) is 0 Å². The fourth-order valence-electron chi connectivity index (χ4n) is 4.03. The molecule has 1 aliphatic rings. The molecule has 0 amide bonds. The molecule has 0 radical (unpaired) electrons. The van der Waals surface area contributed by atoms with Gasteiger partial charge in [0, 0.05) is 17.6 Å². The summed E-state index contributed by atoms with van der Waals surface area (Å²) in [6.07, 6.45) is 4.72. The van der Waals surface area contributed by atoms with E-state index in [1.54, 1.807) is 11.8 Å². The fourth-order valence-corrected chi connectivity index (χ4v) is 4.72. The average molecular weight is 392 g/mol. The summed E-state index contributed by atoms with van der Waals surface area (Å²) in [4.78, 5) is 1.14. The largest absolute Gasteiger partial charge is 0.388 e. The van der Waals surface area contributed by atoms with Crippen molar-refractivity contribution in [3.63, 3.8) is 0 Å². The minimum absolute atomic E-state index is 0.816. The van der Waals surface area contributed by atoms with Gasteiger partial charge in [0.15, 0.2) is 0 Å². The first-order chi connectivity index (χ1) is 13.4. The number of allylic oxidation sites excluding steroid dienone is 1. The molecule has 0 spiro atoms. The molecule has 148 valence electrons. The van der Waals surface area contributed by atoms with Crippen molar-refractivity contribution in [1.29, 1.82) is 0 Å². The van der Waals surface area contributed by atoms with E-state index in [1.165, 1.54) is 63.9 Å². The Bertz CT molecular complexity index is 907. The zero-order valence-corrected chi connectivity index (χ0v) is 18.8. The van der Waals surface area contributed by atoms with Gasteiger partial charge < -0.3 is 5.32 Å². The second-order valence-corrected chi connectivity index (χ2v) is 9.32. The molecular weight excluding hydrogens is 358 g/mol. The van der Waals surface area contributed by atoms with E-state index in [9.17, 15) is 0 Å². The molecule has 1 aliphatic carbocycles. The van der Waals surface area contributed by atoms with Crippen LogP contribution in [0.15, 0.2) is 47.9 Å². The molecule has 0 saturated carbocycles. The minimum Gasteiger partial charge on any atom is -0.388 e. The molecule has 0 fully saturated rings. The lowest BCUT2D eigenvalue weighted by atomic mass is 9.84. The predicted octanol–water partition coefficient (Wildman–Crippen LogP) is 7.32. The molecule has 2 heteroatoms. The summed E-state index contributed by atoms with van der Waals surface area (Å²) in [7, 11) is 1.98. The summed E-state index contributed by atoms with van der Waals surface area (Å²) < 4.78 is 0. The van der Waals surface area contributed by atoms with Crippen molar-refractivity contribution in [2.45, 2.75) is 53.4 Å². The van der Waals surface area contributed by atoms with Gasteiger partial charge in [-0.05, 0) is 97.2 Å². The summed E-state index contributed by atoms with van der Waals surface area (Å²) in [6.45, 7) is 13.3. The minimum atomic E-state index is 0.816. The molecule has 0 heterocycles. The van der Waals surface area contributed by atoms with E-state index in [-0.39, 0.29) is 0 Å². The van der Waals surface area contributed by atoms with Crippen LogP contribution in [-0.2, 0) is 19.3 Å². The van der Waals surface area contributed by atoms with E-state index in [1.807, 2.05) is 7.05 Å². The van der Waals surface area contributed by atoms with Crippen LogP contribution in [-0.4, -0.2) is 7.05 Å². The number of aryl methyl sites for hydroxylation is 3. The highest BCUT2D eigenvalue weighted by Crippen LogP contribution is 2.33. The maximum atomic E-state index is 4.33. The van der Waals surface area contributed by atoms with Crippen LogP contribution in [0.4, 0.5) is 5.69 Å². The molecule has 1 unspecified atom stereocenters. The Morgan fingerprint density at radius 1 is 1.18 bits per heavy atom. The Hall–Kier alpha value is -1.93. The average Bonchev–Trinajstić information content (AvgIpc) is 2.68. The van der Waals surface area contributed by atoms with E-state index in [0.717, 1.165) is 17.2 Å². The van der Waals surface area contributed by atoms with Crippen molar-refractivity contribution in [2.75, 3.05) is 12.4 Å². The monoisotopic (exact) mass is 391 g/mol. The highest BCUT2D eigenvalue weighted by molar-refractivity contribution is 8.10. The van der Waals surface area contributed by atoms with Crippen LogP contribution in [0.1, 0.15) is 53.6 Å². The molecule has 2 aromatic carbocycles. The van der Waals surface area contributed by atoms with Gasteiger partial charge in [0.2, 0.25) is 0 Å². The smallest absolute Gasteiger partial charge is 0.0370 e. The summed E-state index contributed by atoms with van der Waals surface area (Å²) in [5, 5.41) is 5.54. The molecular formula is C26H33NS. The number of fused-ring (bicyclic) bond motifs is 1. The standard InChI is InChI=1S/C26H33NS/c1-17-7-8-24-15-22(9-10-23(24)11-17)21(5)28-16-18(2)12-25-13-20(4)26(27-6)14-19(25)3/h9-10,13-17,27H,5,7-8,11-12H2,1-4,6H3/b18-16+. The molecule has 0 aromatic heterocycles. The van der Waals surface area contributed by atoms with Crippen molar-refractivity contribution in [3.8, 4) is 0 Å². The lowest BCUT2D eigenvalue weighted by Crippen LogP contribution is -2.11. The van der Waals surface area contributed by atoms with Crippen molar-refractivity contribution in [3.05, 3.63) is 81.3 Å². The Morgan fingerprint density at radius 2 is 1.96 bits per heavy atom. The molecule has 0 bridgehead atoms. The number of hydrogen-bond acceptors (Lipinski definition) is 2. The quantitative estimate of drug-likeness (QED) is 0.553. The first-order valence-corrected chi connectivity index (χ1v) is 11.2. The molecule has 0 saturated heterocycles. The third-order valence-corrected chi connectivity index (χ3v) is 6.87. The van der Waals surface area contributed by atoms with Crippen LogP contribution in [0, 0.1) is 19.8 Å². The number of thioether (sulfide) groups is 1. The van der Waals surface area contributed by atoms with Gasteiger partial charge in [0.05, 0.1) is 0 Å². The van der Waals surface area contributed by atoms with Gasteiger partial charge in [-0.25, -0.2) is 0 Å².